The molecule has 1 aromatic rings. The first-order valence-electron chi connectivity index (χ1n) is 8.04. The summed E-state index contributed by atoms with van der Waals surface area (Å²) in [5.74, 6) is 0.584. The summed E-state index contributed by atoms with van der Waals surface area (Å²) in [5.41, 5.74) is 2.33. The Morgan fingerprint density at radius 2 is 1.87 bits per heavy atom. The number of rotatable bonds is 2. The SMILES string of the molecule is Cc1ccc(C(=O)N2CCN(C3CCS(=O)(=O)C3)CC2)c(C)n1. The largest absolute Gasteiger partial charge is 0.336 e. The minimum atomic E-state index is -2.86. The highest BCUT2D eigenvalue weighted by Gasteiger charge is 2.34. The van der Waals surface area contributed by atoms with Crippen LogP contribution in [0.4, 0.5) is 0 Å². The van der Waals surface area contributed by atoms with Gasteiger partial charge >= 0.3 is 0 Å². The molecule has 0 aromatic carbocycles. The summed E-state index contributed by atoms with van der Waals surface area (Å²) in [4.78, 5) is 21.1. The van der Waals surface area contributed by atoms with Gasteiger partial charge in [0.15, 0.2) is 9.84 Å². The fourth-order valence-corrected chi connectivity index (χ4v) is 5.20. The number of aryl methyl sites for hydroxylation is 2. The Bertz CT molecular complexity index is 709. The first-order valence-corrected chi connectivity index (χ1v) is 9.86. The molecular weight excluding hydrogens is 314 g/mol. The number of piperazine rings is 1. The monoisotopic (exact) mass is 337 g/mol. The van der Waals surface area contributed by atoms with Crippen molar-refractivity contribution >= 4 is 15.7 Å². The van der Waals surface area contributed by atoms with Crippen molar-refractivity contribution in [2.75, 3.05) is 37.7 Å². The zero-order valence-electron chi connectivity index (χ0n) is 13.7. The van der Waals surface area contributed by atoms with Crippen LogP contribution in [0.2, 0.25) is 0 Å². The number of pyridine rings is 1. The Balaban J connectivity index is 1.61. The van der Waals surface area contributed by atoms with Crippen LogP contribution < -0.4 is 0 Å². The van der Waals surface area contributed by atoms with Gasteiger partial charge < -0.3 is 4.90 Å². The van der Waals surface area contributed by atoms with Crippen molar-refractivity contribution in [3.05, 3.63) is 29.1 Å². The molecule has 1 amide bonds. The van der Waals surface area contributed by atoms with Crippen molar-refractivity contribution in [2.24, 2.45) is 0 Å². The minimum absolute atomic E-state index is 0.0219. The summed E-state index contributed by atoms with van der Waals surface area (Å²) in [6.07, 6.45) is 0.720. The standard InChI is InChI=1S/C16H23N3O3S/c1-12-3-4-15(13(2)17-12)16(20)19-8-6-18(7-9-19)14-5-10-23(21,22)11-14/h3-4,14H,5-11H2,1-2H3. The molecule has 2 aliphatic rings. The Morgan fingerprint density at radius 1 is 1.17 bits per heavy atom. The van der Waals surface area contributed by atoms with Crippen LogP contribution in [0.25, 0.3) is 0 Å². The van der Waals surface area contributed by atoms with Gasteiger partial charge in [0.25, 0.3) is 5.91 Å². The first kappa shape index (κ1) is 16.4. The molecule has 126 valence electrons. The molecule has 0 bridgehead atoms. The minimum Gasteiger partial charge on any atom is -0.336 e. The summed E-state index contributed by atoms with van der Waals surface area (Å²) in [7, 11) is -2.86. The van der Waals surface area contributed by atoms with Crippen LogP contribution in [0.15, 0.2) is 12.1 Å². The Morgan fingerprint density at radius 3 is 2.43 bits per heavy atom. The summed E-state index contributed by atoms with van der Waals surface area (Å²) >= 11 is 0. The van der Waals surface area contributed by atoms with Gasteiger partial charge in [0.05, 0.1) is 22.8 Å². The molecule has 3 heterocycles. The van der Waals surface area contributed by atoms with Crippen LogP contribution in [0.1, 0.15) is 28.2 Å². The smallest absolute Gasteiger partial charge is 0.255 e. The van der Waals surface area contributed by atoms with Crippen LogP contribution in [-0.4, -0.2) is 72.8 Å². The van der Waals surface area contributed by atoms with E-state index in [2.05, 4.69) is 9.88 Å². The van der Waals surface area contributed by atoms with Gasteiger partial charge in [-0.05, 0) is 32.4 Å². The lowest BCUT2D eigenvalue weighted by Crippen LogP contribution is -2.52. The van der Waals surface area contributed by atoms with Gasteiger partial charge in [0.1, 0.15) is 0 Å². The molecule has 7 heteroatoms. The molecular formula is C16H23N3O3S. The molecule has 2 fully saturated rings. The zero-order valence-corrected chi connectivity index (χ0v) is 14.5. The average Bonchev–Trinajstić information content (AvgIpc) is 2.87. The highest BCUT2D eigenvalue weighted by molar-refractivity contribution is 7.91. The summed E-state index contributed by atoms with van der Waals surface area (Å²) in [6, 6.07) is 3.83. The second kappa shape index (κ2) is 6.20. The van der Waals surface area contributed by atoms with Crippen molar-refractivity contribution in [1.29, 1.82) is 0 Å². The maximum absolute atomic E-state index is 12.6. The van der Waals surface area contributed by atoms with E-state index < -0.39 is 9.84 Å². The summed E-state index contributed by atoms with van der Waals surface area (Å²) in [6.45, 7) is 6.54. The molecule has 1 atom stereocenters. The molecule has 0 radical (unpaired) electrons. The molecule has 0 saturated carbocycles. The van der Waals surface area contributed by atoms with E-state index in [4.69, 9.17) is 0 Å². The Labute approximate surface area is 137 Å². The maximum atomic E-state index is 12.6. The predicted molar refractivity (Wildman–Crippen MR) is 88.2 cm³/mol. The molecule has 2 saturated heterocycles. The van der Waals surface area contributed by atoms with Gasteiger partial charge in [0.2, 0.25) is 0 Å². The van der Waals surface area contributed by atoms with Crippen LogP contribution in [0.5, 0.6) is 0 Å². The van der Waals surface area contributed by atoms with E-state index in [0.29, 0.717) is 24.4 Å². The normalized spacial score (nSPS) is 24.8. The van der Waals surface area contributed by atoms with Crippen molar-refractivity contribution < 1.29 is 13.2 Å². The van der Waals surface area contributed by atoms with Gasteiger partial charge in [-0.15, -0.1) is 0 Å². The zero-order chi connectivity index (χ0) is 16.6. The summed E-state index contributed by atoms with van der Waals surface area (Å²) in [5, 5.41) is 0. The van der Waals surface area contributed by atoms with E-state index in [1.54, 1.807) is 0 Å². The number of nitrogens with zero attached hydrogens (tertiary/aromatic N) is 3. The lowest BCUT2D eigenvalue weighted by molar-refractivity contribution is 0.0586. The molecule has 1 unspecified atom stereocenters. The van der Waals surface area contributed by atoms with Gasteiger partial charge in [-0.2, -0.15) is 0 Å². The molecule has 3 rings (SSSR count). The quantitative estimate of drug-likeness (QED) is 0.792. The first-order chi connectivity index (χ1) is 10.9. The predicted octanol–water partition coefficient (Wildman–Crippen LogP) is 0.643. The van der Waals surface area contributed by atoms with E-state index in [-0.39, 0.29) is 17.7 Å². The molecule has 0 aliphatic carbocycles. The highest BCUT2D eigenvalue weighted by Crippen LogP contribution is 2.20. The fraction of sp³-hybridized carbons (Fsp3) is 0.625. The number of amides is 1. The number of sulfone groups is 1. The third-order valence-electron chi connectivity index (χ3n) is 4.78. The second-order valence-corrected chi connectivity index (χ2v) is 8.70. The molecule has 0 spiro atoms. The number of hydrogen-bond acceptors (Lipinski definition) is 5. The average molecular weight is 337 g/mol. The second-order valence-electron chi connectivity index (χ2n) is 6.47. The third-order valence-corrected chi connectivity index (χ3v) is 6.53. The Kier molecular flexibility index (Phi) is 4.42. The number of carbonyl (C=O) groups is 1. The molecule has 2 aliphatic heterocycles. The van der Waals surface area contributed by atoms with Crippen LogP contribution in [-0.2, 0) is 9.84 Å². The van der Waals surface area contributed by atoms with Crippen molar-refractivity contribution in [3.63, 3.8) is 0 Å². The number of aromatic nitrogens is 1. The topological polar surface area (TPSA) is 70.6 Å². The Hall–Kier alpha value is -1.47. The van der Waals surface area contributed by atoms with Crippen LogP contribution in [0.3, 0.4) is 0 Å². The van der Waals surface area contributed by atoms with E-state index in [1.807, 2.05) is 30.9 Å². The molecule has 0 N–H and O–H groups in total. The van der Waals surface area contributed by atoms with Crippen molar-refractivity contribution in [2.45, 2.75) is 26.3 Å². The fourth-order valence-electron chi connectivity index (χ4n) is 3.44. The van der Waals surface area contributed by atoms with Gasteiger partial charge in [-0.25, -0.2) is 8.42 Å². The molecule has 6 nitrogen and oxygen atoms in total. The van der Waals surface area contributed by atoms with E-state index >= 15 is 0 Å². The van der Waals surface area contributed by atoms with Gasteiger partial charge in [0, 0.05) is 37.9 Å². The lowest BCUT2D eigenvalue weighted by Gasteiger charge is -2.37. The highest BCUT2D eigenvalue weighted by atomic mass is 32.2. The van der Waals surface area contributed by atoms with Gasteiger partial charge in [-0.3, -0.25) is 14.7 Å². The number of hydrogen-bond donors (Lipinski definition) is 0. The van der Waals surface area contributed by atoms with E-state index in [0.717, 1.165) is 30.9 Å². The summed E-state index contributed by atoms with van der Waals surface area (Å²) < 4.78 is 23.2. The lowest BCUT2D eigenvalue weighted by atomic mass is 10.1. The maximum Gasteiger partial charge on any atom is 0.255 e. The van der Waals surface area contributed by atoms with Gasteiger partial charge in [-0.1, -0.05) is 0 Å². The number of carbonyl (C=O) groups excluding carboxylic acids is 1. The molecule has 1 aromatic heterocycles. The van der Waals surface area contributed by atoms with Crippen molar-refractivity contribution in [3.8, 4) is 0 Å². The van der Waals surface area contributed by atoms with E-state index in [9.17, 15) is 13.2 Å². The van der Waals surface area contributed by atoms with Crippen LogP contribution >= 0.6 is 0 Å². The van der Waals surface area contributed by atoms with E-state index in [1.165, 1.54) is 0 Å². The molecule has 23 heavy (non-hydrogen) atoms. The third kappa shape index (κ3) is 3.55. The van der Waals surface area contributed by atoms with Crippen molar-refractivity contribution in [1.82, 2.24) is 14.8 Å². The van der Waals surface area contributed by atoms with Crippen LogP contribution in [0, 0.1) is 13.8 Å².